The molecule has 1 aliphatic rings. The van der Waals surface area contributed by atoms with Gasteiger partial charge in [-0.2, -0.15) is 40.8 Å². The SMILES string of the molecule is CC[N-]C.CC[N-]C.CC[N-]C.[CH3][Ge]([CH3])([F])[C]1=[C-]CC=C1.[Zr+4]. The zero-order valence-electron chi connectivity index (χ0n) is 15.7. The summed E-state index contributed by atoms with van der Waals surface area (Å²) in [5.74, 6) is 3.47. The molecule has 0 amide bonds. The third-order valence-corrected chi connectivity index (χ3v) is 5.69. The fraction of sp³-hybridized carbons (Fsp3) is 0.750. The van der Waals surface area contributed by atoms with Crippen molar-refractivity contribution < 1.29 is 29.7 Å². The first-order chi connectivity index (χ1) is 9.85. The molecule has 1 rings (SSSR count). The average Bonchev–Trinajstić information content (AvgIpc) is 3.02. The zero-order chi connectivity index (χ0) is 17.1. The Kier molecular flexibility index (Phi) is 33.3. The number of nitrogens with zero attached hydrogens (tertiary/aromatic N) is 3. The van der Waals surface area contributed by atoms with Crippen LogP contribution in [0.5, 0.6) is 0 Å². The van der Waals surface area contributed by atoms with Crippen LogP contribution in [0.25, 0.3) is 16.0 Å². The summed E-state index contributed by atoms with van der Waals surface area (Å²) in [5, 5.41) is 11.2. The number of halogens is 1. The molecule has 3 nitrogen and oxygen atoms in total. The van der Waals surface area contributed by atoms with Crippen LogP contribution in [-0.2, 0) is 26.2 Å². The molecule has 0 saturated carbocycles. The smallest absolute Gasteiger partial charge is 4.00 e. The summed E-state index contributed by atoms with van der Waals surface area (Å²) in [6.07, 6.45) is 7.66. The van der Waals surface area contributed by atoms with Crippen molar-refractivity contribution in [3.8, 4) is 0 Å². The first kappa shape index (κ1) is 30.6. The van der Waals surface area contributed by atoms with Crippen LogP contribution in [-0.4, -0.2) is 54.5 Å². The van der Waals surface area contributed by atoms with Crippen molar-refractivity contribution >= 4 is 13.7 Å². The molecule has 0 aromatic rings. The molecule has 6 heteroatoms. The van der Waals surface area contributed by atoms with Gasteiger partial charge in [0.2, 0.25) is 0 Å². The Balaban J connectivity index is -0.000000107. The number of allylic oxidation sites excluding steroid dienone is 4. The van der Waals surface area contributed by atoms with E-state index in [9.17, 15) is 3.50 Å². The van der Waals surface area contributed by atoms with Crippen molar-refractivity contribution in [1.29, 1.82) is 0 Å². The first-order valence-electron chi connectivity index (χ1n) is 7.48. The summed E-state index contributed by atoms with van der Waals surface area (Å²) < 4.78 is 14.0. The summed E-state index contributed by atoms with van der Waals surface area (Å²) in [6.45, 7) is 8.88. The second-order valence-electron chi connectivity index (χ2n) is 4.57. The van der Waals surface area contributed by atoms with Gasteiger partial charge in [0, 0.05) is 0 Å². The van der Waals surface area contributed by atoms with Gasteiger partial charge in [0.05, 0.1) is 0 Å². The topological polar surface area (TPSA) is 42.3 Å². The van der Waals surface area contributed by atoms with Gasteiger partial charge in [-0.25, -0.2) is 0 Å². The summed E-state index contributed by atoms with van der Waals surface area (Å²) in [4.78, 5) is 0. The van der Waals surface area contributed by atoms with Gasteiger partial charge in [-0.15, -0.1) is 0 Å². The molecule has 0 atom stereocenters. The molecule has 0 aromatic carbocycles. The van der Waals surface area contributed by atoms with Crippen LogP contribution in [0.4, 0.5) is 3.50 Å². The Morgan fingerprint density at radius 1 is 1.00 bits per heavy atom. The van der Waals surface area contributed by atoms with Crippen molar-refractivity contribution in [2.75, 3.05) is 40.8 Å². The molecule has 0 N–H and O–H groups in total. The Morgan fingerprint density at radius 3 is 1.41 bits per heavy atom. The fourth-order valence-electron chi connectivity index (χ4n) is 0.813. The maximum absolute atomic E-state index is 13.1. The van der Waals surface area contributed by atoms with Gasteiger partial charge in [0.1, 0.15) is 0 Å². The molecule has 128 valence electrons. The Hall–Kier alpha value is 0.716. The van der Waals surface area contributed by atoms with Crippen LogP contribution < -0.4 is 0 Å². The van der Waals surface area contributed by atoms with E-state index in [-0.39, 0.29) is 26.2 Å². The predicted molar refractivity (Wildman–Crippen MR) is 98.6 cm³/mol. The van der Waals surface area contributed by atoms with Crippen LogP contribution in [0.15, 0.2) is 16.6 Å². The quantitative estimate of drug-likeness (QED) is 0.405. The third kappa shape index (κ3) is 28.8. The Morgan fingerprint density at radius 2 is 1.32 bits per heavy atom. The minimum Gasteiger partial charge on any atom is 4.00 e. The van der Waals surface area contributed by atoms with E-state index in [0.717, 1.165) is 30.5 Å². The van der Waals surface area contributed by atoms with Crippen LogP contribution in [0.2, 0.25) is 11.5 Å². The molecule has 0 fully saturated rings. The van der Waals surface area contributed by atoms with E-state index in [1.165, 1.54) is 0 Å². The van der Waals surface area contributed by atoms with Gasteiger partial charge >= 0.3 is 84.0 Å². The van der Waals surface area contributed by atoms with Gasteiger partial charge in [0.15, 0.2) is 0 Å². The van der Waals surface area contributed by atoms with E-state index in [4.69, 9.17) is 0 Å². The van der Waals surface area contributed by atoms with Crippen LogP contribution >= 0.6 is 0 Å². The minimum absolute atomic E-state index is 0. The molecular formula is C16H34FGeN3Zr. The zero-order valence-corrected chi connectivity index (χ0v) is 20.3. The Labute approximate surface area is 161 Å². The predicted octanol–water partition coefficient (Wildman–Crippen LogP) is 5.42. The maximum Gasteiger partial charge on any atom is 4.00 e. The first-order valence-corrected chi connectivity index (χ1v) is 13.5. The standard InChI is InChI=1S/C7H10FGe.3C3H8N.Zr/c1-9(2,8)7-5-3-4-6-7;3*1-3-4-2;/h3,5H,4H2,1-2H3;3*3H2,1-2H3;/q4*-1;+4. The van der Waals surface area contributed by atoms with Crippen molar-refractivity contribution in [2.45, 2.75) is 38.7 Å². The molecular weight excluding hydrogens is 417 g/mol. The van der Waals surface area contributed by atoms with Crippen molar-refractivity contribution in [2.24, 2.45) is 0 Å². The molecule has 0 spiro atoms. The minimum atomic E-state index is -2.96. The van der Waals surface area contributed by atoms with E-state index in [2.05, 4.69) is 22.0 Å². The average molecular weight is 451 g/mol. The molecule has 0 aromatic heterocycles. The molecule has 0 radical (unpaired) electrons. The van der Waals surface area contributed by atoms with E-state index in [1.807, 2.05) is 32.9 Å². The molecule has 0 aliphatic heterocycles. The van der Waals surface area contributed by atoms with E-state index in [1.54, 1.807) is 32.7 Å². The summed E-state index contributed by atoms with van der Waals surface area (Å²) in [6, 6.07) is 0. The monoisotopic (exact) mass is 451 g/mol. The van der Waals surface area contributed by atoms with E-state index < -0.39 is 13.7 Å². The molecule has 0 unspecified atom stereocenters. The van der Waals surface area contributed by atoms with Gasteiger partial charge in [-0.1, -0.05) is 20.8 Å². The van der Waals surface area contributed by atoms with Crippen LogP contribution in [0.3, 0.4) is 0 Å². The van der Waals surface area contributed by atoms with Gasteiger partial charge in [-0.05, 0) is 0 Å². The third-order valence-electron chi connectivity index (χ3n) is 2.28. The number of hydrogen-bond donors (Lipinski definition) is 0. The normalized spacial score (nSPS) is 11.6. The van der Waals surface area contributed by atoms with Gasteiger partial charge in [0.25, 0.3) is 0 Å². The van der Waals surface area contributed by atoms with Crippen LogP contribution in [0, 0.1) is 6.08 Å². The summed E-state index contributed by atoms with van der Waals surface area (Å²) in [5.41, 5.74) is 0. The largest absolute Gasteiger partial charge is 4.00 e. The van der Waals surface area contributed by atoms with Gasteiger partial charge in [-0.3, -0.25) is 0 Å². The molecule has 0 heterocycles. The fourth-order valence-corrected chi connectivity index (χ4v) is 2.99. The number of hydrogen-bond acceptors (Lipinski definition) is 0. The Bertz CT molecular complexity index is 239. The second kappa shape index (κ2) is 24.0. The maximum atomic E-state index is 13.1. The van der Waals surface area contributed by atoms with Gasteiger partial charge < -0.3 is 16.0 Å². The van der Waals surface area contributed by atoms with Crippen molar-refractivity contribution in [3.63, 3.8) is 0 Å². The molecule has 22 heavy (non-hydrogen) atoms. The summed E-state index contributed by atoms with van der Waals surface area (Å²) in [7, 11) is 5.42. The van der Waals surface area contributed by atoms with Crippen LogP contribution in [0.1, 0.15) is 27.2 Å². The molecule has 0 bridgehead atoms. The van der Waals surface area contributed by atoms with Crippen molar-refractivity contribution in [3.05, 3.63) is 38.6 Å². The number of rotatable bonds is 4. The molecule has 0 saturated heterocycles. The van der Waals surface area contributed by atoms with E-state index in [0.29, 0.717) is 0 Å². The molecule has 1 aliphatic carbocycles. The van der Waals surface area contributed by atoms with Crippen molar-refractivity contribution in [1.82, 2.24) is 0 Å². The van der Waals surface area contributed by atoms with E-state index >= 15 is 0 Å². The second-order valence-corrected chi connectivity index (χ2v) is 11.9. The summed E-state index contributed by atoms with van der Waals surface area (Å²) >= 11 is -2.96.